The summed E-state index contributed by atoms with van der Waals surface area (Å²) >= 11 is 0. The van der Waals surface area contributed by atoms with Crippen molar-refractivity contribution >= 4 is 11.7 Å². The number of phenolic OH excluding ortho intramolecular Hbond substituents is 1. The lowest BCUT2D eigenvalue weighted by atomic mass is 10.1. The Hall–Kier alpha value is -1.97. The van der Waals surface area contributed by atoms with Gasteiger partial charge in [-0.15, -0.1) is 0 Å². The first-order valence-corrected chi connectivity index (χ1v) is 4.43. The topological polar surface area (TPSA) is 72.5 Å². The molecule has 0 aromatic heterocycles. The van der Waals surface area contributed by atoms with Gasteiger partial charge in [0.1, 0.15) is 12.2 Å². The molecule has 80 valence electrons. The lowest BCUT2D eigenvalue weighted by Crippen LogP contribution is -2.06. The molecule has 0 spiro atoms. The second-order valence-electron chi connectivity index (χ2n) is 3.14. The Morgan fingerprint density at radius 1 is 1.67 bits per heavy atom. The van der Waals surface area contributed by atoms with E-state index in [1.165, 1.54) is 12.1 Å². The molecule has 1 aromatic carbocycles. The van der Waals surface area contributed by atoms with Crippen LogP contribution >= 0.6 is 0 Å². The molecule has 0 unspecified atom stereocenters. The number of benzene rings is 1. The molecule has 1 aromatic rings. The Bertz CT molecular complexity index is 399. The highest BCUT2D eigenvalue weighted by Gasteiger charge is 2.14. The largest absolute Gasteiger partial charge is 0.505 e. The van der Waals surface area contributed by atoms with Crippen LogP contribution in [0.15, 0.2) is 24.8 Å². The van der Waals surface area contributed by atoms with Crippen molar-refractivity contribution in [2.45, 2.75) is 6.92 Å². The molecule has 0 aliphatic carbocycles. The minimum atomic E-state index is -0.609. The summed E-state index contributed by atoms with van der Waals surface area (Å²) in [4.78, 5) is 11.4. The third kappa shape index (κ3) is 2.49. The van der Waals surface area contributed by atoms with E-state index in [1.54, 1.807) is 13.0 Å². The minimum Gasteiger partial charge on any atom is -0.505 e. The molecule has 3 N–H and O–H groups in total. The summed E-state index contributed by atoms with van der Waals surface area (Å²) in [7, 11) is 0. The fourth-order valence-corrected chi connectivity index (χ4v) is 1.17. The van der Waals surface area contributed by atoms with E-state index in [1.807, 2.05) is 0 Å². The van der Waals surface area contributed by atoms with Crippen molar-refractivity contribution in [1.82, 2.24) is 0 Å². The van der Waals surface area contributed by atoms with Crippen LogP contribution in [0.5, 0.6) is 5.75 Å². The van der Waals surface area contributed by atoms with Crippen molar-refractivity contribution in [3.63, 3.8) is 0 Å². The van der Waals surface area contributed by atoms with Crippen molar-refractivity contribution < 1.29 is 14.6 Å². The Labute approximate surface area is 88.0 Å². The van der Waals surface area contributed by atoms with Gasteiger partial charge >= 0.3 is 5.97 Å². The normalized spacial score (nSPS) is 9.67. The molecule has 0 saturated heterocycles. The van der Waals surface area contributed by atoms with Gasteiger partial charge in [-0.1, -0.05) is 12.7 Å². The van der Waals surface area contributed by atoms with Crippen molar-refractivity contribution in [2.75, 3.05) is 12.3 Å². The molecule has 0 aliphatic rings. The summed E-state index contributed by atoms with van der Waals surface area (Å²) in [6, 6.07) is 3.11. The SMILES string of the molecule is C=CCOC(=O)c1cc(C)cc(N)c1O. The zero-order valence-corrected chi connectivity index (χ0v) is 8.49. The smallest absolute Gasteiger partial charge is 0.342 e. The lowest BCUT2D eigenvalue weighted by Gasteiger charge is -2.07. The number of esters is 1. The number of carbonyl (C=O) groups excluding carboxylic acids is 1. The Kier molecular flexibility index (Phi) is 3.33. The maximum absolute atomic E-state index is 11.4. The van der Waals surface area contributed by atoms with Crippen LogP contribution in [0.4, 0.5) is 5.69 Å². The molecule has 4 heteroatoms. The lowest BCUT2D eigenvalue weighted by molar-refractivity contribution is 0.0546. The maximum atomic E-state index is 11.4. The van der Waals surface area contributed by atoms with E-state index in [0.29, 0.717) is 0 Å². The number of nitrogens with two attached hydrogens (primary N) is 1. The second-order valence-corrected chi connectivity index (χ2v) is 3.14. The summed E-state index contributed by atoms with van der Waals surface area (Å²) in [6.07, 6.45) is 1.45. The predicted octanol–water partition coefficient (Wildman–Crippen LogP) is 1.63. The van der Waals surface area contributed by atoms with Crippen LogP contribution in [0.3, 0.4) is 0 Å². The van der Waals surface area contributed by atoms with Gasteiger partial charge in [-0.25, -0.2) is 4.79 Å². The third-order valence-corrected chi connectivity index (χ3v) is 1.84. The van der Waals surface area contributed by atoms with Gasteiger partial charge < -0.3 is 15.6 Å². The Balaban J connectivity index is 3.02. The van der Waals surface area contributed by atoms with Crippen molar-refractivity contribution in [3.8, 4) is 5.75 Å². The van der Waals surface area contributed by atoms with Crippen LogP contribution in [0.1, 0.15) is 15.9 Å². The highest BCUT2D eigenvalue weighted by molar-refractivity contribution is 5.94. The number of ether oxygens (including phenoxy) is 1. The van der Waals surface area contributed by atoms with Gasteiger partial charge in [-0.05, 0) is 24.6 Å². The number of aryl methyl sites for hydroxylation is 1. The van der Waals surface area contributed by atoms with Gasteiger partial charge in [-0.2, -0.15) is 0 Å². The molecule has 0 heterocycles. The molecule has 0 radical (unpaired) electrons. The van der Waals surface area contributed by atoms with Crippen LogP contribution in [0.2, 0.25) is 0 Å². The number of nitrogen functional groups attached to an aromatic ring is 1. The van der Waals surface area contributed by atoms with Gasteiger partial charge in [0.15, 0.2) is 5.75 Å². The third-order valence-electron chi connectivity index (χ3n) is 1.84. The van der Waals surface area contributed by atoms with Gasteiger partial charge in [0.25, 0.3) is 0 Å². The van der Waals surface area contributed by atoms with Gasteiger partial charge in [0.05, 0.1) is 5.69 Å². The summed E-state index contributed by atoms with van der Waals surface area (Å²) in [5.74, 6) is -0.850. The van der Waals surface area contributed by atoms with Crippen LogP contribution in [0.25, 0.3) is 0 Å². The van der Waals surface area contributed by atoms with E-state index in [9.17, 15) is 9.90 Å². The zero-order valence-electron chi connectivity index (χ0n) is 8.49. The molecule has 4 nitrogen and oxygen atoms in total. The standard InChI is InChI=1S/C11H13NO3/c1-3-4-15-11(14)8-5-7(2)6-9(12)10(8)13/h3,5-6,13H,1,4,12H2,2H3. The van der Waals surface area contributed by atoms with Crippen LogP contribution in [-0.4, -0.2) is 17.7 Å². The number of hydrogen-bond donors (Lipinski definition) is 2. The van der Waals surface area contributed by atoms with Gasteiger partial charge in [0.2, 0.25) is 0 Å². The van der Waals surface area contributed by atoms with E-state index >= 15 is 0 Å². The summed E-state index contributed by atoms with van der Waals surface area (Å²) in [5, 5.41) is 9.54. The van der Waals surface area contributed by atoms with Crippen molar-refractivity contribution in [1.29, 1.82) is 0 Å². The van der Waals surface area contributed by atoms with Crippen LogP contribution < -0.4 is 5.73 Å². The van der Waals surface area contributed by atoms with Gasteiger partial charge in [0, 0.05) is 0 Å². The minimum absolute atomic E-state index is 0.0781. The summed E-state index contributed by atoms with van der Waals surface area (Å²) < 4.78 is 4.80. The van der Waals surface area contributed by atoms with E-state index in [-0.39, 0.29) is 23.6 Å². The van der Waals surface area contributed by atoms with E-state index < -0.39 is 5.97 Å². The van der Waals surface area contributed by atoms with Crippen molar-refractivity contribution in [3.05, 3.63) is 35.9 Å². The number of carbonyl (C=O) groups is 1. The fourth-order valence-electron chi connectivity index (χ4n) is 1.17. The maximum Gasteiger partial charge on any atom is 0.342 e. The van der Waals surface area contributed by atoms with Crippen LogP contribution in [0, 0.1) is 6.92 Å². The average molecular weight is 207 g/mol. The fraction of sp³-hybridized carbons (Fsp3) is 0.182. The molecular formula is C11H13NO3. The van der Waals surface area contributed by atoms with E-state index in [0.717, 1.165) is 5.56 Å². The molecule has 15 heavy (non-hydrogen) atoms. The number of anilines is 1. The van der Waals surface area contributed by atoms with Gasteiger partial charge in [-0.3, -0.25) is 0 Å². The number of aromatic hydroxyl groups is 1. The Morgan fingerprint density at radius 3 is 2.93 bits per heavy atom. The first-order chi connectivity index (χ1) is 7.06. The molecule has 0 amide bonds. The van der Waals surface area contributed by atoms with E-state index in [4.69, 9.17) is 10.5 Å². The highest BCUT2D eigenvalue weighted by Crippen LogP contribution is 2.27. The first kappa shape index (κ1) is 11.1. The molecule has 0 aliphatic heterocycles. The molecular weight excluding hydrogens is 194 g/mol. The second kappa shape index (κ2) is 4.50. The molecule has 0 fully saturated rings. The predicted molar refractivity (Wildman–Crippen MR) is 57.7 cm³/mol. The quantitative estimate of drug-likeness (QED) is 0.342. The monoisotopic (exact) mass is 207 g/mol. The summed E-state index contributed by atoms with van der Waals surface area (Å²) in [5.41, 5.74) is 6.54. The Morgan fingerprint density at radius 2 is 2.33 bits per heavy atom. The molecule has 0 saturated carbocycles. The molecule has 0 atom stereocenters. The molecule has 0 bridgehead atoms. The average Bonchev–Trinajstić information content (AvgIpc) is 2.19. The number of hydrogen-bond acceptors (Lipinski definition) is 4. The van der Waals surface area contributed by atoms with Crippen molar-refractivity contribution in [2.24, 2.45) is 0 Å². The zero-order chi connectivity index (χ0) is 11.4. The summed E-state index contributed by atoms with van der Waals surface area (Å²) in [6.45, 7) is 5.30. The number of rotatable bonds is 3. The van der Waals surface area contributed by atoms with Crippen LogP contribution in [-0.2, 0) is 4.74 Å². The first-order valence-electron chi connectivity index (χ1n) is 4.43. The van der Waals surface area contributed by atoms with E-state index in [2.05, 4.69) is 6.58 Å². The number of phenols is 1. The molecule has 1 rings (SSSR count). The highest BCUT2D eigenvalue weighted by atomic mass is 16.5.